The van der Waals surface area contributed by atoms with E-state index in [1.807, 2.05) is 0 Å². The minimum atomic E-state index is -3.27. The number of hydrogen-bond acceptors (Lipinski definition) is 4. The summed E-state index contributed by atoms with van der Waals surface area (Å²) in [6, 6.07) is 0. The zero-order valence-electron chi connectivity index (χ0n) is 11.9. The lowest BCUT2D eigenvalue weighted by atomic mass is 10.0. The molecule has 4 nitrogen and oxygen atoms in total. The van der Waals surface area contributed by atoms with Crippen LogP contribution in [-0.4, -0.2) is 47.3 Å². The van der Waals surface area contributed by atoms with Crippen LogP contribution >= 0.6 is 0 Å². The fraction of sp³-hybridized carbons (Fsp3) is 1.00. The van der Waals surface area contributed by atoms with Crippen LogP contribution in [-0.2, 0) is 14.2 Å². The lowest BCUT2D eigenvalue weighted by Crippen LogP contribution is -2.43. The molecular formula is C13H22F2O4. The summed E-state index contributed by atoms with van der Waals surface area (Å²) in [5.41, 5.74) is -0.520. The summed E-state index contributed by atoms with van der Waals surface area (Å²) in [6.07, 6.45) is -3.70. The van der Waals surface area contributed by atoms with Gasteiger partial charge in [0.15, 0.2) is 5.79 Å². The van der Waals surface area contributed by atoms with Crippen molar-refractivity contribution in [1.82, 2.24) is 0 Å². The molecule has 0 aromatic carbocycles. The second-order valence-corrected chi connectivity index (χ2v) is 6.71. The topological polar surface area (TPSA) is 47.9 Å². The normalized spacial score (nSPS) is 40.4. The average molecular weight is 280 g/mol. The molecule has 112 valence electrons. The summed E-state index contributed by atoms with van der Waals surface area (Å²) in [6.45, 7) is 8.52. The zero-order valence-corrected chi connectivity index (χ0v) is 11.9. The van der Waals surface area contributed by atoms with E-state index in [1.165, 1.54) is 0 Å². The van der Waals surface area contributed by atoms with E-state index in [4.69, 9.17) is 14.2 Å². The molecule has 0 aromatic heterocycles. The molecule has 0 spiro atoms. The number of alkyl halides is 2. The Bertz CT molecular complexity index is 351. The number of aliphatic hydroxyl groups excluding tert-OH is 1. The molecule has 1 aliphatic carbocycles. The molecule has 2 aliphatic rings. The van der Waals surface area contributed by atoms with Crippen LogP contribution in [0.2, 0.25) is 0 Å². The van der Waals surface area contributed by atoms with Crippen LogP contribution < -0.4 is 0 Å². The van der Waals surface area contributed by atoms with Gasteiger partial charge in [0.25, 0.3) is 5.92 Å². The maximum Gasteiger partial charge on any atom is 0.283 e. The maximum absolute atomic E-state index is 14.1. The standard InChI is InChI=1S/C13H22F2O4/c1-11(2,3)17-6-7-8-9(10(16)13(7,14)15)19-12(4,5)18-8/h7-10,16H,6H2,1-5H3/t7-,8?,9?,10-/m1/s1. The molecule has 2 fully saturated rings. The predicted molar refractivity (Wildman–Crippen MR) is 64.0 cm³/mol. The molecule has 1 saturated carbocycles. The summed E-state index contributed by atoms with van der Waals surface area (Å²) in [4.78, 5) is 0. The van der Waals surface area contributed by atoms with Crippen molar-refractivity contribution in [3.63, 3.8) is 0 Å². The first-order chi connectivity index (χ1) is 8.44. The third kappa shape index (κ3) is 2.77. The third-order valence-electron chi connectivity index (χ3n) is 3.46. The Balaban J connectivity index is 2.16. The van der Waals surface area contributed by atoms with Crippen molar-refractivity contribution in [2.24, 2.45) is 5.92 Å². The number of ether oxygens (including phenoxy) is 3. The first-order valence-corrected chi connectivity index (χ1v) is 6.49. The fourth-order valence-electron chi connectivity index (χ4n) is 2.58. The number of hydrogen-bond donors (Lipinski definition) is 1. The minimum absolute atomic E-state index is 0.172. The lowest BCUT2D eigenvalue weighted by Gasteiger charge is -2.30. The van der Waals surface area contributed by atoms with Crippen molar-refractivity contribution in [2.45, 2.75) is 70.2 Å². The first kappa shape index (κ1) is 15.1. The molecule has 0 amide bonds. The molecule has 2 unspecified atom stereocenters. The van der Waals surface area contributed by atoms with Crippen LogP contribution in [0, 0.1) is 5.92 Å². The number of halogens is 2. The van der Waals surface area contributed by atoms with Gasteiger partial charge >= 0.3 is 0 Å². The van der Waals surface area contributed by atoms with Gasteiger partial charge in [0, 0.05) is 0 Å². The molecule has 6 heteroatoms. The highest BCUT2D eigenvalue weighted by atomic mass is 19.3. The Morgan fingerprint density at radius 2 is 1.68 bits per heavy atom. The number of rotatable bonds is 2. The summed E-state index contributed by atoms with van der Waals surface area (Å²) < 4.78 is 44.5. The Labute approximate surface area is 112 Å². The summed E-state index contributed by atoms with van der Waals surface area (Å²) in [7, 11) is 0. The molecule has 1 heterocycles. The highest BCUT2D eigenvalue weighted by Gasteiger charge is 2.68. The largest absolute Gasteiger partial charge is 0.384 e. The van der Waals surface area contributed by atoms with Crippen molar-refractivity contribution < 1.29 is 28.1 Å². The van der Waals surface area contributed by atoms with Crippen LogP contribution in [0.4, 0.5) is 8.78 Å². The summed E-state index contributed by atoms with van der Waals surface area (Å²) >= 11 is 0. The SMILES string of the molecule is CC(C)(C)OC[C@@H]1C2OC(C)(C)OC2[C@@H](O)C1(F)F. The van der Waals surface area contributed by atoms with E-state index in [9.17, 15) is 13.9 Å². The van der Waals surface area contributed by atoms with Crippen LogP contribution in [0.5, 0.6) is 0 Å². The van der Waals surface area contributed by atoms with E-state index in [1.54, 1.807) is 34.6 Å². The van der Waals surface area contributed by atoms with E-state index in [2.05, 4.69) is 0 Å². The Kier molecular flexibility index (Phi) is 3.45. The van der Waals surface area contributed by atoms with Gasteiger partial charge in [-0.15, -0.1) is 0 Å². The van der Waals surface area contributed by atoms with E-state index in [0.717, 1.165) is 0 Å². The smallest absolute Gasteiger partial charge is 0.283 e. The second-order valence-electron chi connectivity index (χ2n) is 6.71. The van der Waals surface area contributed by atoms with Crippen molar-refractivity contribution >= 4 is 0 Å². The third-order valence-corrected chi connectivity index (χ3v) is 3.46. The van der Waals surface area contributed by atoms with Gasteiger partial charge in [-0.2, -0.15) is 0 Å². The van der Waals surface area contributed by atoms with Gasteiger partial charge < -0.3 is 19.3 Å². The van der Waals surface area contributed by atoms with Gasteiger partial charge in [-0.3, -0.25) is 0 Å². The van der Waals surface area contributed by atoms with Crippen molar-refractivity contribution in [2.75, 3.05) is 6.61 Å². The van der Waals surface area contributed by atoms with Crippen molar-refractivity contribution in [3.05, 3.63) is 0 Å². The van der Waals surface area contributed by atoms with E-state index >= 15 is 0 Å². The van der Waals surface area contributed by atoms with Gasteiger partial charge in [0.05, 0.1) is 18.1 Å². The zero-order chi connectivity index (χ0) is 14.6. The number of fused-ring (bicyclic) bond motifs is 1. The van der Waals surface area contributed by atoms with Crippen LogP contribution in [0.15, 0.2) is 0 Å². The van der Waals surface area contributed by atoms with Gasteiger partial charge in [-0.25, -0.2) is 8.78 Å². The van der Waals surface area contributed by atoms with Gasteiger partial charge in [0.2, 0.25) is 0 Å². The van der Waals surface area contributed by atoms with E-state index in [-0.39, 0.29) is 6.61 Å². The molecule has 1 saturated heterocycles. The fourth-order valence-corrected chi connectivity index (χ4v) is 2.58. The summed E-state index contributed by atoms with van der Waals surface area (Å²) in [5.74, 6) is -5.42. The molecule has 1 N–H and O–H groups in total. The molecule has 0 radical (unpaired) electrons. The summed E-state index contributed by atoms with van der Waals surface area (Å²) in [5, 5.41) is 9.75. The van der Waals surface area contributed by atoms with Crippen molar-refractivity contribution in [1.29, 1.82) is 0 Å². The molecule has 4 atom stereocenters. The Hall–Kier alpha value is -0.300. The van der Waals surface area contributed by atoms with Crippen LogP contribution in [0.3, 0.4) is 0 Å². The molecule has 19 heavy (non-hydrogen) atoms. The maximum atomic E-state index is 14.1. The number of aliphatic hydroxyl groups is 1. The molecule has 1 aliphatic heterocycles. The van der Waals surface area contributed by atoms with Crippen molar-refractivity contribution in [3.8, 4) is 0 Å². The molecule has 0 bridgehead atoms. The Morgan fingerprint density at radius 3 is 2.21 bits per heavy atom. The van der Waals surface area contributed by atoms with Crippen LogP contribution in [0.1, 0.15) is 34.6 Å². The average Bonchev–Trinajstić information content (AvgIpc) is 2.57. The highest BCUT2D eigenvalue weighted by Crippen LogP contribution is 2.49. The van der Waals surface area contributed by atoms with Gasteiger partial charge in [-0.1, -0.05) is 0 Å². The predicted octanol–water partition coefficient (Wildman–Crippen LogP) is 1.95. The highest BCUT2D eigenvalue weighted by molar-refractivity contribution is 5.08. The molecule has 2 rings (SSSR count). The second kappa shape index (κ2) is 4.35. The monoisotopic (exact) mass is 280 g/mol. The minimum Gasteiger partial charge on any atom is -0.384 e. The molecular weight excluding hydrogens is 258 g/mol. The van der Waals surface area contributed by atoms with Gasteiger partial charge in [-0.05, 0) is 34.6 Å². The first-order valence-electron chi connectivity index (χ1n) is 6.49. The molecule has 0 aromatic rings. The van der Waals surface area contributed by atoms with E-state index in [0.29, 0.717) is 0 Å². The van der Waals surface area contributed by atoms with Crippen LogP contribution in [0.25, 0.3) is 0 Å². The quantitative estimate of drug-likeness (QED) is 0.840. The van der Waals surface area contributed by atoms with Gasteiger partial charge in [0.1, 0.15) is 18.3 Å². The van der Waals surface area contributed by atoms with E-state index < -0.39 is 41.5 Å². The Morgan fingerprint density at radius 1 is 1.16 bits per heavy atom. The lowest BCUT2D eigenvalue weighted by molar-refractivity contribution is -0.223.